The molecule has 1 aliphatic rings. The second kappa shape index (κ2) is 12.2. The van der Waals surface area contributed by atoms with Crippen molar-refractivity contribution in [1.82, 2.24) is 21.3 Å². The van der Waals surface area contributed by atoms with Crippen LogP contribution < -0.4 is 21.3 Å². The fraction of sp³-hybridized carbons (Fsp3) is 0.300. The number of rotatable bonds is 10. The van der Waals surface area contributed by atoms with Crippen molar-refractivity contribution in [3.8, 4) is 0 Å². The molecule has 2 heterocycles. The molecule has 1 unspecified atom stereocenters. The molecular weight excluding hydrogens is 496 g/mol. The number of thiophene rings is 1. The number of hydrogen-bond acceptors (Lipinski definition) is 5. The Bertz CT molecular complexity index is 1430. The van der Waals surface area contributed by atoms with E-state index in [-0.39, 0.29) is 17.7 Å². The quantitative estimate of drug-likeness (QED) is 0.187. The molecule has 0 aliphatic carbocycles. The summed E-state index contributed by atoms with van der Waals surface area (Å²) in [5.74, 6) is -0.542. The smallest absolute Gasteiger partial charge is 0.244 e. The summed E-state index contributed by atoms with van der Waals surface area (Å²) in [7, 11) is 0. The van der Waals surface area contributed by atoms with Gasteiger partial charge in [-0.2, -0.15) is 0 Å². The number of piperidine rings is 1. The number of fused-ring (bicyclic) bond motifs is 2. The summed E-state index contributed by atoms with van der Waals surface area (Å²) in [4.78, 5) is 38.2. The molecule has 3 aromatic carbocycles. The van der Waals surface area contributed by atoms with Crippen molar-refractivity contribution < 1.29 is 14.4 Å². The molecule has 1 aromatic heterocycles. The van der Waals surface area contributed by atoms with Gasteiger partial charge in [-0.05, 0) is 64.7 Å². The molecule has 1 saturated heterocycles. The van der Waals surface area contributed by atoms with E-state index >= 15 is 0 Å². The van der Waals surface area contributed by atoms with Crippen LogP contribution in [0.3, 0.4) is 0 Å². The van der Waals surface area contributed by atoms with Crippen LogP contribution in [0, 0.1) is 5.92 Å². The van der Waals surface area contributed by atoms with E-state index in [0.29, 0.717) is 19.3 Å². The van der Waals surface area contributed by atoms with Crippen molar-refractivity contribution >= 4 is 50.4 Å². The number of nitrogens with one attached hydrogen (secondary N) is 4. The minimum Gasteiger partial charge on any atom is -0.344 e. The van der Waals surface area contributed by atoms with Crippen molar-refractivity contribution in [2.45, 2.75) is 37.9 Å². The van der Waals surface area contributed by atoms with Gasteiger partial charge in [0, 0.05) is 23.5 Å². The maximum atomic E-state index is 13.6. The van der Waals surface area contributed by atoms with Gasteiger partial charge in [-0.1, -0.05) is 60.7 Å². The largest absolute Gasteiger partial charge is 0.344 e. The van der Waals surface area contributed by atoms with Crippen LogP contribution in [0.25, 0.3) is 20.9 Å². The standard InChI is InChI=1S/C30H32N4O3S/c35-19-32-28(17-24-18-38-27-8-4-3-7-25(24)27)34-30(37)26(33-29(36)22-11-13-31-14-12-22)16-20-9-10-21-5-1-2-6-23(21)15-20/h1-10,15,18-19,22,26,28,31H,11-14,16-17H2,(H,32,35)(H,33,36)(H,34,37)/t26?,28-/m1/s1. The van der Waals surface area contributed by atoms with Gasteiger partial charge in [0.25, 0.3) is 0 Å². The van der Waals surface area contributed by atoms with Crippen LogP contribution in [0.2, 0.25) is 0 Å². The molecule has 0 bridgehead atoms. The van der Waals surface area contributed by atoms with Gasteiger partial charge >= 0.3 is 0 Å². The lowest BCUT2D eigenvalue weighted by atomic mass is 9.95. The Morgan fingerprint density at radius 3 is 2.53 bits per heavy atom. The van der Waals surface area contributed by atoms with E-state index in [1.54, 1.807) is 11.3 Å². The van der Waals surface area contributed by atoms with E-state index in [2.05, 4.69) is 38.8 Å². The molecule has 38 heavy (non-hydrogen) atoms. The molecule has 3 amide bonds. The Morgan fingerprint density at radius 2 is 1.71 bits per heavy atom. The number of carbonyl (C=O) groups is 3. The number of benzene rings is 3. The van der Waals surface area contributed by atoms with E-state index in [9.17, 15) is 14.4 Å². The maximum absolute atomic E-state index is 13.6. The van der Waals surface area contributed by atoms with E-state index in [0.717, 1.165) is 57.9 Å². The average Bonchev–Trinajstić information content (AvgIpc) is 3.36. The fourth-order valence-corrected chi connectivity index (χ4v) is 6.08. The molecule has 1 fully saturated rings. The first-order valence-electron chi connectivity index (χ1n) is 13.0. The highest BCUT2D eigenvalue weighted by atomic mass is 32.1. The van der Waals surface area contributed by atoms with Gasteiger partial charge in [-0.15, -0.1) is 11.3 Å². The molecule has 4 aromatic rings. The summed E-state index contributed by atoms with van der Waals surface area (Å²) >= 11 is 1.64. The molecule has 5 rings (SSSR count). The molecule has 0 radical (unpaired) electrons. The van der Waals surface area contributed by atoms with Gasteiger partial charge < -0.3 is 21.3 Å². The Morgan fingerprint density at radius 1 is 0.947 bits per heavy atom. The summed E-state index contributed by atoms with van der Waals surface area (Å²) in [5, 5.41) is 17.4. The fourth-order valence-electron chi connectivity index (χ4n) is 5.10. The Kier molecular flexibility index (Phi) is 8.31. The SMILES string of the molecule is O=CN[C@@H](Cc1csc2ccccc12)NC(=O)C(Cc1ccc2ccccc2c1)NC(=O)C1CCNCC1. The van der Waals surface area contributed by atoms with Gasteiger partial charge in [0.15, 0.2) is 0 Å². The van der Waals surface area contributed by atoms with E-state index in [1.165, 1.54) is 0 Å². The summed E-state index contributed by atoms with van der Waals surface area (Å²) in [6.07, 6.45) is 2.29. The molecule has 196 valence electrons. The van der Waals surface area contributed by atoms with Crippen molar-refractivity contribution in [3.63, 3.8) is 0 Å². The van der Waals surface area contributed by atoms with Crippen LogP contribution in [-0.2, 0) is 27.2 Å². The summed E-state index contributed by atoms with van der Waals surface area (Å²) < 4.78 is 1.15. The lowest BCUT2D eigenvalue weighted by molar-refractivity contribution is -0.132. The summed E-state index contributed by atoms with van der Waals surface area (Å²) in [6, 6.07) is 21.5. The Balaban J connectivity index is 1.35. The minimum atomic E-state index is -0.770. The van der Waals surface area contributed by atoms with Crippen molar-refractivity contribution in [2.24, 2.45) is 5.92 Å². The number of carbonyl (C=O) groups excluding carboxylic acids is 3. The lowest BCUT2D eigenvalue weighted by Gasteiger charge is -2.27. The zero-order valence-corrected chi connectivity index (χ0v) is 21.9. The predicted octanol–water partition coefficient (Wildman–Crippen LogP) is 3.51. The molecule has 4 N–H and O–H groups in total. The highest BCUT2D eigenvalue weighted by molar-refractivity contribution is 7.17. The van der Waals surface area contributed by atoms with Crippen LogP contribution in [-0.4, -0.2) is 43.5 Å². The van der Waals surface area contributed by atoms with Gasteiger partial charge in [0.05, 0.1) is 0 Å². The topological polar surface area (TPSA) is 99.3 Å². The molecule has 7 nitrogen and oxygen atoms in total. The first kappa shape index (κ1) is 25.9. The monoisotopic (exact) mass is 528 g/mol. The molecule has 0 saturated carbocycles. The lowest BCUT2D eigenvalue weighted by Crippen LogP contribution is -2.55. The van der Waals surface area contributed by atoms with Gasteiger partial charge in [-0.25, -0.2) is 0 Å². The second-order valence-corrected chi connectivity index (χ2v) is 10.7. The highest BCUT2D eigenvalue weighted by Gasteiger charge is 2.28. The second-order valence-electron chi connectivity index (χ2n) is 9.78. The summed E-state index contributed by atoms with van der Waals surface area (Å²) in [5.41, 5.74) is 2.01. The van der Waals surface area contributed by atoms with Crippen molar-refractivity contribution in [1.29, 1.82) is 0 Å². The van der Waals surface area contributed by atoms with Crippen LogP contribution >= 0.6 is 11.3 Å². The summed E-state index contributed by atoms with van der Waals surface area (Å²) in [6.45, 7) is 1.58. The van der Waals surface area contributed by atoms with Crippen molar-refractivity contribution in [3.05, 3.63) is 83.2 Å². The molecule has 0 spiro atoms. The van der Waals surface area contributed by atoms with Crippen LogP contribution in [0.5, 0.6) is 0 Å². The predicted molar refractivity (Wildman–Crippen MR) is 152 cm³/mol. The van der Waals surface area contributed by atoms with Crippen LogP contribution in [0.15, 0.2) is 72.1 Å². The molecule has 1 aliphatic heterocycles. The minimum absolute atomic E-state index is 0.101. The molecule has 2 atom stereocenters. The zero-order valence-electron chi connectivity index (χ0n) is 21.1. The van der Waals surface area contributed by atoms with E-state index in [1.807, 2.05) is 54.6 Å². The average molecular weight is 529 g/mol. The third-order valence-corrected chi connectivity index (χ3v) is 8.18. The normalized spacial score (nSPS) is 15.6. The number of amides is 3. The zero-order chi connectivity index (χ0) is 26.3. The van der Waals surface area contributed by atoms with E-state index in [4.69, 9.17) is 0 Å². The third-order valence-electron chi connectivity index (χ3n) is 7.17. The van der Waals surface area contributed by atoms with Crippen LogP contribution in [0.4, 0.5) is 0 Å². The van der Waals surface area contributed by atoms with Crippen LogP contribution in [0.1, 0.15) is 24.0 Å². The van der Waals surface area contributed by atoms with Gasteiger partial charge in [0.1, 0.15) is 12.2 Å². The molecular formula is C30H32N4O3S. The first-order valence-corrected chi connectivity index (χ1v) is 13.9. The molecule has 8 heteroatoms. The van der Waals surface area contributed by atoms with Crippen molar-refractivity contribution in [2.75, 3.05) is 13.1 Å². The van der Waals surface area contributed by atoms with Gasteiger partial charge in [-0.3, -0.25) is 14.4 Å². The Hall–Kier alpha value is -3.75. The first-order chi connectivity index (χ1) is 18.6. The van der Waals surface area contributed by atoms with E-state index < -0.39 is 12.2 Å². The third kappa shape index (κ3) is 6.20. The number of hydrogen-bond donors (Lipinski definition) is 4. The van der Waals surface area contributed by atoms with Gasteiger partial charge in [0.2, 0.25) is 18.2 Å². The Labute approximate surface area is 226 Å². The highest BCUT2D eigenvalue weighted by Crippen LogP contribution is 2.26. The maximum Gasteiger partial charge on any atom is 0.244 e.